The normalized spacial score (nSPS) is 19.6. The molecule has 0 aliphatic carbocycles. The number of halogens is 3. The molecular formula is C21H20F3N7O. The third kappa shape index (κ3) is 3.68. The first-order valence-electron chi connectivity index (χ1n) is 10.1. The average Bonchev–Trinajstić information content (AvgIpc) is 3.38. The van der Waals surface area contributed by atoms with Crippen LogP contribution >= 0.6 is 0 Å². The van der Waals surface area contributed by atoms with Crippen LogP contribution in [0.3, 0.4) is 0 Å². The van der Waals surface area contributed by atoms with Gasteiger partial charge in [0.25, 0.3) is 0 Å². The number of anilines is 1. The number of rotatable bonds is 3. The number of alkyl halides is 3. The number of nitrogens with zero attached hydrogens (tertiary/aromatic N) is 6. The van der Waals surface area contributed by atoms with E-state index in [1.807, 2.05) is 11.8 Å². The van der Waals surface area contributed by atoms with E-state index in [2.05, 4.69) is 25.1 Å². The van der Waals surface area contributed by atoms with Crippen molar-refractivity contribution >= 4 is 11.5 Å². The second-order valence-electron chi connectivity index (χ2n) is 7.97. The third-order valence-corrected chi connectivity index (χ3v) is 5.76. The highest BCUT2D eigenvalue weighted by Gasteiger charge is 2.32. The highest BCUT2D eigenvalue weighted by atomic mass is 19.4. The predicted molar refractivity (Wildman–Crippen MR) is 110 cm³/mol. The predicted octanol–water partition coefficient (Wildman–Crippen LogP) is 3.20. The molecule has 4 aromatic rings. The Kier molecular flexibility index (Phi) is 4.85. The van der Waals surface area contributed by atoms with Gasteiger partial charge in [0, 0.05) is 37.1 Å². The second kappa shape index (κ2) is 7.59. The number of pyridine rings is 1. The van der Waals surface area contributed by atoms with Gasteiger partial charge in [-0.15, -0.1) is 0 Å². The molecule has 5 rings (SSSR count). The van der Waals surface area contributed by atoms with Crippen LogP contribution in [0.1, 0.15) is 29.2 Å². The summed E-state index contributed by atoms with van der Waals surface area (Å²) in [5, 5.41) is 17.5. The maximum Gasteiger partial charge on any atom is 0.417 e. The molecule has 8 nitrogen and oxygen atoms in total. The van der Waals surface area contributed by atoms with Crippen LogP contribution in [0, 0.1) is 6.92 Å². The summed E-state index contributed by atoms with van der Waals surface area (Å²) in [6.07, 6.45) is 1.38. The van der Waals surface area contributed by atoms with Gasteiger partial charge < -0.3 is 10.0 Å². The van der Waals surface area contributed by atoms with E-state index in [0.717, 1.165) is 23.5 Å². The van der Waals surface area contributed by atoms with E-state index in [9.17, 15) is 18.3 Å². The van der Waals surface area contributed by atoms with Crippen LogP contribution in [-0.4, -0.2) is 53.9 Å². The summed E-state index contributed by atoms with van der Waals surface area (Å²) in [4.78, 5) is 15.0. The largest absolute Gasteiger partial charge is 0.417 e. The molecular weight excluding hydrogens is 423 g/mol. The van der Waals surface area contributed by atoms with Crippen LogP contribution in [0.25, 0.3) is 17.2 Å². The zero-order valence-corrected chi connectivity index (χ0v) is 17.1. The molecule has 2 N–H and O–H groups in total. The molecule has 1 aliphatic heterocycles. The molecule has 0 aromatic carbocycles. The summed E-state index contributed by atoms with van der Waals surface area (Å²) in [6.45, 7) is 2.96. The number of aliphatic hydroxyl groups is 1. The van der Waals surface area contributed by atoms with E-state index in [4.69, 9.17) is 0 Å². The molecule has 1 saturated heterocycles. The molecule has 2 atom stereocenters. The summed E-state index contributed by atoms with van der Waals surface area (Å²) >= 11 is 0. The number of β-amino-alcohol motifs (C(OH)–C–C–N with tert-alkyl or cyclic N) is 1. The van der Waals surface area contributed by atoms with Crippen molar-refractivity contribution in [1.82, 2.24) is 29.5 Å². The lowest BCUT2D eigenvalue weighted by atomic mass is 9.89. The SMILES string of the molecule is Cc1[nH]ncc1[C@@H]1C[C@H](O)CN(c2ccnc(-c3cnc4ccc(C(F)(F)F)cn34)n2)C1. The number of piperidine rings is 1. The number of aromatic amines is 1. The molecule has 0 saturated carbocycles. The monoisotopic (exact) mass is 443 g/mol. The topological polar surface area (TPSA) is 95.2 Å². The van der Waals surface area contributed by atoms with Crippen molar-refractivity contribution in [2.75, 3.05) is 18.0 Å². The first-order valence-corrected chi connectivity index (χ1v) is 10.1. The van der Waals surface area contributed by atoms with E-state index in [1.54, 1.807) is 18.5 Å². The number of aliphatic hydroxyl groups excluding tert-OH is 1. The molecule has 0 amide bonds. The zero-order valence-electron chi connectivity index (χ0n) is 17.1. The lowest BCUT2D eigenvalue weighted by Crippen LogP contribution is -2.42. The van der Waals surface area contributed by atoms with Crippen molar-refractivity contribution in [3.8, 4) is 11.5 Å². The van der Waals surface area contributed by atoms with Crippen LogP contribution in [-0.2, 0) is 6.18 Å². The highest BCUT2D eigenvalue weighted by Crippen LogP contribution is 2.32. The number of imidazole rings is 1. The van der Waals surface area contributed by atoms with Crippen LogP contribution in [0.5, 0.6) is 0 Å². The van der Waals surface area contributed by atoms with Crippen LogP contribution in [0.4, 0.5) is 19.0 Å². The third-order valence-electron chi connectivity index (χ3n) is 5.76. The lowest BCUT2D eigenvalue weighted by molar-refractivity contribution is -0.137. The van der Waals surface area contributed by atoms with E-state index in [0.29, 0.717) is 36.7 Å². The van der Waals surface area contributed by atoms with Crippen molar-refractivity contribution in [2.24, 2.45) is 0 Å². The van der Waals surface area contributed by atoms with Crippen molar-refractivity contribution in [3.05, 3.63) is 59.8 Å². The summed E-state index contributed by atoms with van der Waals surface area (Å²) < 4.78 is 40.9. The van der Waals surface area contributed by atoms with E-state index in [1.165, 1.54) is 16.7 Å². The van der Waals surface area contributed by atoms with E-state index >= 15 is 0 Å². The molecule has 166 valence electrons. The summed E-state index contributed by atoms with van der Waals surface area (Å²) in [6, 6.07) is 4.04. The number of aryl methyl sites for hydroxylation is 1. The maximum atomic E-state index is 13.2. The van der Waals surface area contributed by atoms with Gasteiger partial charge in [0.05, 0.1) is 24.1 Å². The minimum atomic E-state index is -4.47. The van der Waals surface area contributed by atoms with Gasteiger partial charge in [0.2, 0.25) is 0 Å². The molecule has 1 fully saturated rings. The molecule has 0 spiro atoms. The minimum absolute atomic E-state index is 0.0704. The van der Waals surface area contributed by atoms with Gasteiger partial charge in [-0.1, -0.05) is 0 Å². The van der Waals surface area contributed by atoms with Gasteiger partial charge in [-0.3, -0.25) is 9.50 Å². The van der Waals surface area contributed by atoms with Gasteiger partial charge >= 0.3 is 6.18 Å². The van der Waals surface area contributed by atoms with Crippen molar-refractivity contribution in [2.45, 2.75) is 31.5 Å². The van der Waals surface area contributed by atoms with Gasteiger partial charge in [-0.2, -0.15) is 18.3 Å². The molecule has 4 aromatic heterocycles. The smallest absolute Gasteiger partial charge is 0.391 e. The Labute approximate surface area is 180 Å². The first kappa shape index (κ1) is 20.4. The summed E-state index contributed by atoms with van der Waals surface area (Å²) in [7, 11) is 0. The van der Waals surface area contributed by atoms with E-state index < -0.39 is 17.8 Å². The van der Waals surface area contributed by atoms with Gasteiger partial charge in [-0.25, -0.2) is 15.0 Å². The Balaban J connectivity index is 1.49. The molecule has 11 heteroatoms. The Morgan fingerprint density at radius 2 is 1.97 bits per heavy atom. The number of hydrogen-bond acceptors (Lipinski definition) is 6. The Morgan fingerprint density at radius 3 is 2.72 bits per heavy atom. The molecule has 32 heavy (non-hydrogen) atoms. The fourth-order valence-electron chi connectivity index (χ4n) is 4.22. The van der Waals surface area contributed by atoms with Gasteiger partial charge in [-0.05, 0) is 37.1 Å². The summed E-state index contributed by atoms with van der Waals surface area (Å²) in [5.74, 6) is 0.910. The minimum Gasteiger partial charge on any atom is -0.391 e. The van der Waals surface area contributed by atoms with Crippen molar-refractivity contribution < 1.29 is 18.3 Å². The Morgan fingerprint density at radius 1 is 1.12 bits per heavy atom. The highest BCUT2D eigenvalue weighted by molar-refractivity contribution is 5.59. The molecule has 1 aliphatic rings. The Bertz CT molecular complexity index is 1270. The molecule has 0 bridgehead atoms. The number of hydrogen-bond donors (Lipinski definition) is 2. The van der Waals surface area contributed by atoms with Crippen LogP contribution in [0.2, 0.25) is 0 Å². The number of fused-ring (bicyclic) bond motifs is 1. The standard InChI is InChI=1S/C21H20F3N7O/c1-12-16(7-27-29-12)13-6-15(32)11-30(9-13)19-4-5-25-20(28-19)17-8-26-18-3-2-14(10-31(17)18)21(22,23)24/h2-5,7-8,10,13,15,32H,6,9,11H2,1H3,(H,27,29)/t13-,15+/m1/s1. The average molecular weight is 443 g/mol. The van der Waals surface area contributed by atoms with Gasteiger partial charge in [0.1, 0.15) is 17.2 Å². The zero-order chi connectivity index (χ0) is 22.5. The maximum absolute atomic E-state index is 13.2. The number of nitrogens with one attached hydrogen (secondary N) is 1. The molecule has 0 radical (unpaired) electrons. The first-order chi connectivity index (χ1) is 15.3. The van der Waals surface area contributed by atoms with Crippen LogP contribution < -0.4 is 4.90 Å². The summed E-state index contributed by atoms with van der Waals surface area (Å²) in [5.41, 5.74) is 1.94. The quantitative estimate of drug-likeness (QED) is 0.505. The fraction of sp³-hybridized carbons (Fsp3) is 0.333. The Hall–Kier alpha value is -3.47. The van der Waals surface area contributed by atoms with Gasteiger partial charge in [0.15, 0.2) is 5.82 Å². The van der Waals surface area contributed by atoms with Crippen molar-refractivity contribution in [1.29, 1.82) is 0 Å². The lowest BCUT2D eigenvalue weighted by Gasteiger charge is -2.36. The van der Waals surface area contributed by atoms with E-state index in [-0.39, 0.29) is 11.7 Å². The van der Waals surface area contributed by atoms with Crippen molar-refractivity contribution in [3.63, 3.8) is 0 Å². The number of aromatic nitrogens is 6. The molecule has 0 unspecified atom stereocenters. The molecule has 5 heterocycles. The fourth-order valence-corrected chi connectivity index (χ4v) is 4.22. The number of H-pyrrole nitrogens is 1. The second-order valence-corrected chi connectivity index (χ2v) is 7.97. The van der Waals surface area contributed by atoms with Crippen LogP contribution in [0.15, 0.2) is 43.0 Å².